The maximum atomic E-state index is 13.6. The highest BCUT2D eigenvalue weighted by Gasteiger charge is 2.32. The maximum absolute atomic E-state index is 13.6. The summed E-state index contributed by atoms with van der Waals surface area (Å²) in [5.74, 6) is -1.04. The number of nitrogens with zero attached hydrogens (tertiary/aromatic N) is 2. The van der Waals surface area contributed by atoms with Crippen LogP contribution >= 0.6 is 0 Å². The van der Waals surface area contributed by atoms with Gasteiger partial charge in [-0.05, 0) is 49.2 Å². The fourth-order valence-corrected chi connectivity index (χ4v) is 5.21. The summed E-state index contributed by atoms with van der Waals surface area (Å²) in [5, 5.41) is 0. The molecule has 0 unspecified atom stereocenters. The van der Waals surface area contributed by atoms with Crippen molar-refractivity contribution in [2.45, 2.75) is 17.7 Å². The Hall–Kier alpha value is -3.34. The number of benzene rings is 2. The molecule has 0 spiro atoms. The van der Waals surface area contributed by atoms with Crippen LogP contribution in [-0.4, -0.2) is 66.2 Å². The first-order valence-electron chi connectivity index (χ1n) is 10.6. The molecule has 0 saturated carbocycles. The number of amides is 1. The van der Waals surface area contributed by atoms with E-state index in [-0.39, 0.29) is 28.2 Å². The Morgan fingerprint density at radius 3 is 2.18 bits per heavy atom. The van der Waals surface area contributed by atoms with E-state index in [0.29, 0.717) is 31.7 Å². The van der Waals surface area contributed by atoms with Crippen LogP contribution in [0, 0.1) is 11.7 Å². The third-order valence-corrected chi connectivity index (χ3v) is 7.49. The summed E-state index contributed by atoms with van der Waals surface area (Å²) in [6, 6.07) is 8.94. The summed E-state index contributed by atoms with van der Waals surface area (Å²) < 4.78 is 56.8. The Morgan fingerprint density at radius 1 is 1.00 bits per heavy atom. The van der Waals surface area contributed by atoms with Crippen LogP contribution in [0.15, 0.2) is 47.4 Å². The molecule has 1 saturated heterocycles. The number of ether oxygens (including phenoxy) is 3. The highest BCUT2D eigenvalue weighted by Crippen LogP contribution is 2.32. The summed E-state index contributed by atoms with van der Waals surface area (Å²) in [6.45, 7) is 0.101. The molecule has 34 heavy (non-hydrogen) atoms. The topological polar surface area (TPSA) is 102 Å². The van der Waals surface area contributed by atoms with Crippen LogP contribution in [0.25, 0.3) is 0 Å². The number of likely N-dealkylation sites (tertiary alicyclic amines) is 1. The van der Waals surface area contributed by atoms with E-state index in [2.05, 4.69) is 0 Å². The van der Waals surface area contributed by atoms with Crippen molar-refractivity contribution in [2.24, 2.45) is 5.92 Å². The molecule has 11 heteroatoms. The van der Waals surface area contributed by atoms with E-state index in [1.807, 2.05) is 0 Å². The van der Waals surface area contributed by atoms with Gasteiger partial charge in [-0.1, -0.05) is 0 Å². The van der Waals surface area contributed by atoms with Gasteiger partial charge in [-0.3, -0.25) is 13.9 Å². The van der Waals surface area contributed by atoms with E-state index in [4.69, 9.17) is 14.2 Å². The predicted molar refractivity (Wildman–Crippen MR) is 122 cm³/mol. The fourth-order valence-electron chi connectivity index (χ4n) is 3.78. The molecule has 0 radical (unpaired) electrons. The molecular formula is C23H27FN2O7S. The van der Waals surface area contributed by atoms with Gasteiger partial charge in [0, 0.05) is 19.2 Å². The molecule has 2 aromatic carbocycles. The third-order valence-electron chi connectivity index (χ3n) is 5.72. The van der Waals surface area contributed by atoms with E-state index >= 15 is 0 Å². The molecule has 0 bridgehead atoms. The smallest absolute Gasteiger partial charge is 0.308 e. The van der Waals surface area contributed by atoms with E-state index in [9.17, 15) is 22.4 Å². The SMILES string of the molecule is COC(=O)C1CCN(C(=O)CN(c2ccc(F)cc2)S(=O)(=O)c2ccc(OC)c(OC)c2)CC1. The van der Waals surface area contributed by atoms with E-state index in [0.717, 1.165) is 16.4 Å². The lowest BCUT2D eigenvalue weighted by molar-refractivity contribution is -0.148. The summed E-state index contributed by atoms with van der Waals surface area (Å²) in [6.07, 6.45) is 0.856. The van der Waals surface area contributed by atoms with Gasteiger partial charge in [0.1, 0.15) is 12.4 Å². The van der Waals surface area contributed by atoms with Crippen LogP contribution in [0.3, 0.4) is 0 Å². The zero-order chi connectivity index (χ0) is 24.9. The van der Waals surface area contributed by atoms with Gasteiger partial charge in [-0.25, -0.2) is 12.8 Å². The minimum atomic E-state index is -4.23. The van der Waals surface area contributed by atoms with Crippen molar-refractivity contribution < 1.29 is 36.6 Å². The molecule has 1 aliphatic rings. The van der Waals surface area contributed by atoms with Crippen molar-refractivity contribution in [3.05, 3.63) is 48.3 Å². The van der Waals surface area contributed by atoms with Crippen LogP contribution in [0.1, 0.15) is 12.8 Å². The van der Waals surface area contributed by atoms with Crippen LogP contribution in [0.5, 0.6) is 11.5 Å². The van der Waals surface area contributed by atoms with Crippen LogP contribution in [-0.2, 0) is 24.3 Å². The molecular weight excluding hydrogens is 467 g/mol. The lowest BCUT2D eigenvalue weighted by atomic mass is 9.97. The first-order chi connectivity index (χ1) is 16.2. The second-order valence-corrected chi connectivity index (χ2v) is 9.55. The normalized spacial score (nSPS) is 14.4. The Bertz CT molecular complexity index is 1130. The van der Waals surface area contributed by atoms with E-state index in [1.165, 1.54) is 56.6 Å². The lowest BCUT2D eigenvalue weighted by Gasteiger charge is -2.33. The molecule has 184 valence electrons. The molecule has 1 aliphatic heterocycles. The summed E-state index contributed by atoms with van der Waals surface area (Å²) >= 11 is 0. The van der Waals surface area contributed by atoms with E-state index < -0.39 is 28.3 Å². The van der Waals surface area contributed by atoms with Crippen LogP contribution in [0.4, 0.5) is 10.1 Å². The number of rotatable bonds is 8. The fraction of sp³-hybridized carbons (Fsp3) is 0.391. The molecule has 9 nitrogen and oxygen atoms in total. The van der Waals surface area contributed by atoms with Gasteiger partial charge in [-0.2, -0.15) is 0 Å². The molecule has 0 N–H and O–H groups in total. The minimum Gasteiger partial charge on any atom is -0.493 e. The Kier molecular flexibility index (Phi) is 7.98. The van der Waals surface area contributed by atoms with Crippen molar-refractivity contribution in [1.29, 1.82) is 0 Å². The summed E-state index contributed by atoms with van der Waals surface area (Å²) in [5.41, 5.74) is 0.133. The second kappa shape index (κ2) is 10.7. The molecule has 1 amide bonds. The number of halogens is 1. The summed E-state index contributed by atoms with van der Waals surface area (Å²) in [7, 11) is -0.102. The van der Waals surface area contributed by atoms with Crippen molar-refractivity contribution >= 4 is 27.6 Å². The third kappa shape index (κ3) is 5.41. The zero-order valence-corrected chi connectivity index (χ0v) is 20.0. The first kappa shape index (κ1) is 25.3. The van der Waals surface area contributed by atoms with E-state index in [1.54, 1.807) is 0 Å². The highest BCUT2D eigenvalue weighted by molar-refractivity contribution is 7.92. The van der Waals surface area contributed by atoms with Crippen LogP contribution in [0.2, 0.25) is 0 Å². The molecule has 1 fully saturated rings. The lowest BCUT2D eigenvalue weighted by Crippen LogP contribution is -2.46. The number of sulfonamides is 1. The van der Waals surface area contributed by atoms with Crippen molar-refractivity contribution in [1.82, 2.24) is 4.90 Å². The number of esters is 1. The van der Waals surface area contributed by atoms with Crippen LogP contribution < -0.4 is 13.8 Å². The molecule has 3 rings (SSSR count). The Morgan fingerprint density at radius 2 is 1.62 bits per heavy atom. The molecule has 0 aromatic heterocycles. The molecule has 0 atom stereocenters. The predicted octanol–water partition coefficient (Wildman–Crippen LogP) is 2.45. The average molecular weight is 495 g/mol. The van der Waals surface area contributed by atoms with Gasteiger partial charge in [0.2, 0.25) is 5.91 Å². The molecule has 2 aromatic rings. The number of carbonyl (C=O) groups excluding carboxylic acids is 2. The number of piperidine rings is 1. The van der Waals surface area contributed by atoms with Gasteiger partial charge in [-0.15, -0.1) is 0 Å². The van der Waals surface area contributed by atoms with Crippen molar-refractivity contribution in [3.63, 3.8) is 0 Å². The standard InChI is InChI=1S/C23H27FN2O7S/c1-31-20-9-8-19(14-21(20)32-2)34(29,30)26(18-6-4-17(24)5-7-18)15-22(27)25-12-10-16(11-13-25)23(28)33-3/h4-9,14,16H,10-13,15H2,1-3H3. The number of anilines is 1. The summed E-state index contributed by atoms with van der Waals surface area (Å²) in [4.78, 5) is 26.2. The highest BCUT2D eigenvalue weighted by atomic mass is 32.2. The number of hydrogen-bond acceptors (Lipinski definition) is 7. The molecule has 1 heterocycles. The van der Waals surface area contributed by atoms with Gasteiger partial charge in [0.15, 0.2) is 11.5 Å². The second-order valence-electron chi connectivity index (χ2n) is 7.68. The average Bonchev–Trinajstić information content (AvgIpc) is 2.86. The van der Waals surface area contributed by atoms with Crippen molar-refractivity contribution in [2.75, 3.05) is 45.3 Å². The quantitative estimate of drug-likeness (QED) is 0.520. The van der Waals surface area contributed by atoms with Gasteiger partial charge >= 0.3 is 5.97 Å². The number of carbonyl (C=O) groups is 2. The maximum Gasteiger partial charge on any atom is 0.308 e. The van der Waals surface area contributed by atoms with Gasteiger partial charge in [0.05, 0.1) is 37.8 Å². The zero-order valence-electron chi connectivity index (χ0n) is 19.2. The van der Waals surface area contributed by atoms with Gasteiger partial charge < -0.3 is 19.1 Å². The molecule has 0 aliphatic carbocycles. The minimum absolute atomic E-state index is 0.119. The monoisotopic (exact) mass is 494 g/mol. The van der Waals surface area contributed by atoms with Crippen molar-refractivity contribution in [3.8, 4) is 11.5 Å². The Labute approximate surface area is 198 Å². The largest absolute Gasteiger partial charge is 0.493 e. The number of hydrogen-bond donors (Lipinski definition) is 0. The Balaban J connectivity index is 1.90. The van der Waals surface area contributed by atoms with Gasteiger partial charge in [0.25, 0.3) is 10.0 Å². The first-order valence-corrected chi connectivity index (χ1v) is 12.0. The number of methoxy groups -OCH3 is 3.